The molecule has 0 aromatic heterocycles. The Morgan fingerprint density at radius 2 is 2.00 bits per heavy atom. The average Bonchev–Trinajstić information content (AvgIpc) is 1.86. The minimum Gasteiger partial charge on any atom is -0.229 e. The van der Waals surface area contributed by atoms with Crippen molar-refractivity contribution in [2.45, 2.75) is 30.9 Å². The number of hydrogen-bond acceptors (Lipinski definition) is 2. The minimum atomic E-state index is -2.80. The summed E-state index contributed by atoms with van der Waals surface area (Å²) in [5.41, 5.74) is 0. The van der Waals surface area contributed by atoms with Gasteiger partial charge < -0.3 is 0 Å². The highest BCUT2D eigenvalue weighted by Gasteiger charge is 2.26. The fourth-order valence-electron chi connectivity index (χ4n) is 1.63. The van der Waals surface area contributed by atoms with Crippen molar-refractivity contribution in [3.05, 3.63) is 6.92 Å². The third-order valence-electron chi connectivity index (χ3n) is 2.34. The maximum Gasteiger partial charge on any atom is 0.150 e. The predicted octanol–water partition coefficient (Wildman–Crippen LogP) is 1.42. The lowest BCUT2D eigenvalue weighted by Gasteiger charge is -2.24. The van der Waals surface area contributed by atoms with Gasteiger partial charge in [-0.3, -0.25) is 0 Å². The van der Waals surface area contributed by atoms with E-state index in [0.29, 0.717) is 5.92 Å². The molecule has 1 aliphatic rings. The number of rotatable bonds is 1. The van der Waals surface area contributed by atoms with E-state index in [0.717, 1.165) is 25.7 Å². The first-order valence-corrected chi connectivity index (χ1v) is 5.97. The molecule has 1 aliphatic carbocycles. The predicted molar refractivity (Wildman–Crippen MR) is 45.9 cm³/mol. The fraction of sp³-hybridized carbons (Fsp3) is 0.875. The third-order valence-corrected chi connectivity index (χ3v) is 3.98. The van der Waals surface area contributed by atoms with Gasteiger partial charge in [0.25, 0.3) is 0 Å². The maximum atomic E-state index is 11.1. The van der Waals surface area contributed by atoms with Crippen molar-refractivity contribution in [2.24, 2.45) is 5.92 Å². The van der Waals surface area contributed by atoms with Crippen LogP contribution in [0.15, 0.2) is 0 Å². The van der Waals surface area contributed by atoms with Crippen molar-refractivity contribution in [3.8, 4) is 0 Å². The highest BCUT2D eigenvalue weighted by atomic mass is 32.2. The van der Waals surface area contributed by atoms with Gasteiger partial charge in [0.2, 0.25) is 0 Å². The van der Waals surface area contributed by atoms with Crippen LogP contribution in [0.25, 0.3) is 0 Å². The second kappa shape index (κ2) is 3.13. The van der Waals surface area contributed by atoms with Crippen molar-refractivity contribution in [2.75, 3.05) is 6.26 Å². The summed E-state index contributed by atoms with van der Waals surface area (Å²) in [6, 6.07) is 0. The van der Waals surface area contributed by atoms with E-state index < -0.39 is 9.84 Å². The molecule has 1 rings (SSSR count). The Morgan fingerprint density at radius 1 is 1.36 bits per heavy atom. The molecule has 65 valence electrons. The standard InChI is InChI=1S/C8H15O2S/c1-7-4-3-5-8(6-7)11(2,9)10/h7-8H,1,3-6H2,2H3/t7-,8-/m1/s1. The van der Waals surface area contributed by atoms with E-state index in [1.165, 1.54) is 6.26 Å². The van der Waals surface area contributed by atoms with Gasteiger partial charge in [0.05, 0.1) is 5.25 Å². The number of sulfone groups is 1. The monoisotopic (exact) mass is 175 g/mol. The summed E-state index contributed by atoms with van der Waals surface area (Å²) in [4.78, 5) is 0. The molecule has 11 heavy (non-hydrogen) atoms. The fourth-order valence-corrected chi connectivity index (χ4v) is 2.85. The Kier molecular flexibility index (Phi) is 2.58. The largest absolute Gasteiger partial charge is 0.229 e. The molecule has 0 N–H and O–H groups in total. The van der Waals surface area contributed by atoms with Crippen LogP contribution in [-0.2, 0) is 9.84 Å². The van der Waals surface area contributed by atoms with Crippen molar-refractivity contribution in [1.82, 2.24) is 0 Å². The summed E-state index contributed by atoms with van der Waals surface area (Å²) < 4.78 is 22.2. The molecule has 2 nitrogen and oxygen atoms in total. The number of hydrogen-bond donors (Lipinski definition) is 0. The molecule has 1 fully saturated rings. The Morgan fingerprint density at radius 3 is 2.36 bits per heavy atom. The van der Waals surface area contributed by atoms with Crippen LogP contribution in [0, 0.1) is 12.8 Å². The normalized spacial score (nSPS) is 33.6. The van der Waals surface area contributed by atoms with Gasteiger partial charge in [-0.25, -0.2) is 8.42 Å². The molecule has 0 bridgehead atoms. The molecule has 0 heterocycles. The molecular weight excluding hydrogens is 160 g/mol. The first-order valence-electron chi connectivity index (χ1n) is 4.02. The topological polar surface area (TPSA) is 34.1 Å². The molecule has 1 saturated carbocycles. The minimum absolute atomic E-state index is 0.112. The summed E-state index contributed by atoms with van der Waals surface area (Å²) in [7, 11) is -2.80. The lowest BCUT2D eigenvalue weighted by molar-refractivity contribution is 0.412. The zero-order chi connectivity index (χ0) is 8.48. The second-order valence-electron chi connectivity index (χ2n) is 3.48. The molecule has 2 atom stereocenters. The Bertz CT molecular complexity index is 218. The maximum absolute atomic E-state index is 11.1. The van der Waals surface area contributed by atoms with Crippen molar-refractivity contribution in [3.63, 3.8) is 0 Å². The van der Waals surface area contributed by atoms with Crippen LogP contribution in [0.3, 0.4) is 0 Å². The highest BCUT2D eigenvalue weighted by molar-refractivity contribution is 7.91. The van der Waals surface area contributed by atoms with E-state index in [2.05, 4.69) is 6.92 Å². The van der Waals surface area contributed by atoms with E-state index in [1.807, 2.05) is 0 Å². The Balaban J connectivity index is 2.60. The average molecular weight is 175 g/mol. The van der Waals surface area contributed by atoms with Gasteiger partial charge in [0.15, 0.2) is 0 Å². The summed E-state index contributed by atoms with van der Waals surface area (Å²) in [5, 5.41) is -0.112. The van der Waals surface area contributed by atoms with Crippen molar-refractivity contribution >= 4 is 9.84 Å². The first-order chi connectivity index (χ1) is 5.00. The lowest BCUT2D eigenvalue weighted by atomic mass is 9.91. The molecule has 3 heteroatoms. The SMILES string of the molecule is [CH2][C@@H]1CCC[C@@H](S(C)(=O)=O)C1. The molecule has 0 spiro atoms. The molecule has 0 aliphatic heterocycles. The summed E-state index contributed by atoms with van der Waals surface area (Å²) in [6.45, 7) is 3.90. The molecule has 1 radical (unpaired) electrons. The van der Waals surface area contributed by atoms with Gasteiger partial charge >= 0.3 is 0 Å². The molecule has 0 aromatic carbocycles. The van der Waals surface area contributed by atoms with Gasteiger partial charge in [-0.15, -0.1) is 0 Å². The highest BCUT2D eigenvalue weighted by Crippen LogP contribution is 2.27. The van der Waals surface area contributed by atoms with Gasteiger partial charge in [-0.05, 0) is 18.8 Å². The zero-order valence-electron chi connectivity index (χ0n) is 6.91. The van der Waals surface area contributed by atoms with Crippen molar-refractivity contribution < 1.29 is 8.42 Å². The van der Waals surface area contributed by atoms with Crippen LogP contribution in [0.5, 0.6) is 0 Å². The molecular formula is C8H15O2S. The second-order valence-corrected chi connectivity index (χ2v) is 5.81. The smallest absolute Gasteiger partial charge is 0.150 e. The van der Waals surface area contributed by atoms with Crippen LogP contribution in [0.2, 0.25) is 0 Å². The summed E-state index contributed by atoms with van der Waals surface area (Å²) in [6.07, 6.45) is 5.04. The molecule has 0 saturated heterocycles. The molecule has 0 unspecified atom stereocenters. The van der Waals surface area contributed by atoms with Crippen LogP contribution >= 0.6 is 0 Å². The van der Waals surface area contributed by atoms with Gasteiger partial charge in [0.1, 0.15) is 9.84 Å². The quantitative estimate of drug-likeness (QED) is 0.604. The zero-order valence-corrected chi connectivity index (χ0v) is 7.73. The lowest BCUT2D eigenvalue weighted by Crippen LogP contribution is -2.26. The van der Waals surface area contributed by atoms with Crippen LogP contribution in [-0.4, -0.2) is 19.9 Å². The van der Waals surface area contributed by atoms with E-state index in [1.54, 1.807) is 0 Å². The van der Waals surface area contributed by atoms with E-state index in [4.69, 9.17) is 0 Å². The van der Waals surface area contributed by atoms with E-state index in [-0.39, 0.29) is 5.25 Å². The van der Waals surface area contributed by atoms with Gasteiger partial charge in [0, 0.05) is 6.26 Å². The first kappa shape index (κ1) is 9.04. The van der Waals surface area contributed by atoms with Crippen LogP contribution < -0.4 is 0 Å². The summed E-state index contributed by atoms with van der Waals surface area (Å²) >= 11 is 0. The Labute approximate surface area is 68.9 Å². The molecule has 0 amide bonds. The van der Waals surface area contributed by atoms with Gasteiger partial charge in [-0.2, -0.15) is 0 Å². The van der Waals surface area contributed by atoms with E-state index in [9.17, 15) is 8.42 Å². The third kappa shape index (κ3) is 2.47. The molecule has 0 aromatic rings. The van der Waals surface area contributed by atoms with Gasteiger partial charge in [-0.1, -0.05) is 19.8 Å². The van der Waals surface area contributed by atoms with Crippen LogP contribution in [0.4, 0.5) is 0 Å². The Hall–Kier alpha value is -0.0500. The summed E-state index contributed by atoms with van der Waals surface area (Å²) in [5.74, 6) is 0.350. The van der Waals surface area contributed by atoms with Crippen molar-refractivity contribution in [1.29, 1.82) is 0 Å². The van der Waals surface area contributed by atoms with Crippen LogP contribution in [0.1, 0.15) is 25.7 Å². The van der Waals surface area contributed by atoms with E-state index >= 15 is 0 Å².